The molecule has 2 aromatic rings. The molecule has 0 spiro atoms. The molecule has 3 heterocycles. The molecule has 1 aromatic carbocycles. The number of pyridine rings is 1. The van der Waals surface area contributed by atoms with Crippen molar-refractivity contribution in [3.8, 4) is 17.6 Å². The number of nitriles is 1. The van der Waals surface area contributed by atoms with Gasteiger partial charge in [0.2, 0.25) is 0 Å². The number of aromatic nitrogens is 1. The van der Waals surface area contributed by atoms with Crippen LogP contribution in [0.5, 0.6) is 11.5 Å². The maximum Gasteiger partial charge on any atom is 0.309 e. The van der Waals surface area contributed by atoms with Crippen LogP contribution in [0.3, 0.4) is 0 Å². The van der Waals surface area contributed by atoms with E-state index in [4.69, 9.17) is 26.4 Å². The van der Waals surface area contributed by atoms with Crippen LogP contribution in [0.4, 0.5) is 5.82 Å². The third kappa shape index (κ3) is 6.17. The lowest BCUT2D eigenvalue weighted by Gasteiger charge is -2.35. The molecule has 0 unspecified atom stereocenters. The molecule has 1 aromatic heterocycles. The van der Waals surface area contributed by atoms with Crippen molar-refractivity contribution in [1.29, 1.82) is 5.26 Å². The number of esters is 1. The van der Waals surface area contributed by atoms with E-state index in [1.54, 1.807) is 46.1 Å². The number of anilines is 1. The number of rotatable bonds is 9. The minimum Gasteiger partial charge on any atom is -0.493 e. The molecule has 2 fully saturated rings. The minimum absolute atomic E-state index is 0.0258. The van der Waals surface area contributed by atoms with Gasteiger partial charge in [-0.05, 0) is 62.4 Å². The molecule has 4 rings (SSSR count). The molecule has 10 nitrogen and oxygen atoms in total. The van der Waals surface area contributed by atoms with E-state index in [9.17, 15) is 19.6 Å². The van der Waals surface area contributed by atoms with Crippen molar-refractivity contribution >= 4 is 52.1 Å². The highest BCUT2D eigenvalue weighted by molar-refractivity contribution is 8.26. The van der Waals surface area contributed by atoms with Crippen molar-refractivity contribution in [2.24, 2.45) is 13.0 Å². The number of carbonyl (C=O) groups excluding carboxylic acids is 2. The molecule has 0 radical (unpaired) electrons. The molecule has 0 atom stereocenters. The van der Waals surface area contributed by atoms with E-state index >= 15 is 0 Å². The molecule has 2 aliphatic rings. The fraction of sp³-hybridized carbons (Fsp3) is 0.433. The zero-order valence-corrected chi connectivity index (χ0v) is 26.0. The van der Waals surface area contributed by atoms with Crippen molar-refractivity contribution in [2.75, 3.05) is 45.4 Å². The van der Waals surface area contributed by atoms with E-state index < -0.39 is 5.56 Å². The van der Waals surface area contributed by atoms with Gasteiger partial charge in [-0.1, -0.05) is 30.0 Å². The fourth-order valence-electron chi connectivity index (χ4n) is 5.28. The second-order valence-corrected chi connectivity index (χ2v) is 11.7. The van der Waals surface area contributed by atoms with E-state index in [1.807, 2.05) is 29.2 Å². The molecular weight excluding hydrogens is 576 g/mol. The Balaban J connectivity index is 1.62. The number of thioether (sulfide) groups is 1. The van der Waals surface area contributed by atoms with Crippen LogP contribution in [0.1, 0.15) is 42.0 Å². The lowest BCUT2D eigenvalue weighted by atomic mass is 9.95. The molecule has 2 saturated heterocycles. The maximum atomic E-state index is 13.6. The second-order valence-electron chi connectivity index (χ2n) is 10.00. The number of carbonyl (C=O) groups is 2. The summed E-state index contributed by atoms with van der Waals surface area (Å²) < 4.78 is 17.8. The molecule has 0 bridgehead atoms. The summed E-state index contributed by atoms with van der Waals surface area (Å²) in [4.78, 5) is 43.0. The van der Waals surface area contributed by atoms with Gasteiger partial charge in [-0.25, -0.2) is 0 Å². The van der Waals surface area contributed by atoms with Crippen LogP contribution in [0.15, 0.2) is 27.9 Å². The van der Waals surface area contributed by atoms with Gasteiger partial charge in [0.15, 0.2) is 11.5 Å². The Morgan fingerprint density at radius 1 is 1.19 bits per heavy atom. The van der Waals surface area contributed by atoms with Gasteiger partial charge in [0, 0.05) is 32.2 Å². The van der Waals surface area contributed by atoms with Crippen molar-refractivity contribution in [1.82, 2.24) is 9.47 Å². The van der Waals surface area contributed by atoms with Crippen LogP contribution in [0.2, 0.25) is 0 Å². The Morgan fingerprint density at radius 3 is 2.50 bits per heavy atom. The molecule has 12 heteroatoms. The van der Waals surface area contributed by atoms with Crippen molar-refractivity contribution in [3.63, 3.8) is 0 Å². The van der Waals surface area contributed by atoms with Crippen LogP contribution in [0.25, 0.3) is 6.08 Å². The van der Waals surface area contributed by atoms with Crippen LogP contribution in [-0.2, 0) is 27.8 Å². The fourth-order valence-corrected chi connectivity index (χ4v) is 6.57. The number of amides is 1. The number of methoxy groups -OCH3 is 2. The predicted octanol–water partition coefficient (Wildman–Crippen LogP) is 3.81. The molecule has 0 aliphatic carbocycles. The monoisotopic (exact) mass is 610 g/mol. The number of hydrogen-bond donors (Lipinski definition) is 0. The van der Waals surface area contributed by atoms with Gasteiger partial charge < -0.3 is 19.1 Å². The van der Waals surface area contributed by atoms with Crippen molar-refractivity contribution in [2.45, 2.75) is 33.1 Å². The SMILES string of the molecule is CCOC(=O)C1CCN(c2c(C=C3SC(=S)N(CCc4ccc(OC)c(OC)c4)C3=O)c(C)c(C#N)c(=O)n2C)CC1. The first-order valence-corrected chi connectivity index (χ1v) is 14.9. The first kappa shape index (κ1) is 31.1. The van der Waals surface area contributed by atoms with E-state index in [1.165, 1.54) is 16.3 Å². The highest BCUT2D eigenvalue weighted by Gasteiger charge is 2.34. The standard InChI is InChI=1S/C30H34N4O6S2/c1-6-40-29(37)20-10-12-33(13-11-20)26-21(18(2)22(17-31)27(35)32(26)3)16-25-28(36)34(30(41)42-25)14-9-19-7-8-23(38-4)24(15-19)39-5/h7-8,15-16,20H,6,9-14H2,1-5H3. The zero-order chi connectivity index (χ0) is 30.6. The summed E-state index contributed by atoms with van der Waals surface area (Å²) in [6, 6.07) is 7.65. The topological polar surface area (TPSA) is 114 Å². The highest BCUT2D eigenvalue weighted by atomic mass is 32.2. The summed E-state index contributed by atoms with van der Waals surface area (Å²) in [6.07, 6.45) is 3.43. The Hall–Kier alpha value is -3.82. The number of benzene rings is 1. The number of thiocarbonyl (C=S) groups is 1. The van der Waals surface area contributed by atoms with Gasteiger partial charge in [0.1, 0.15) is 21.8 Å². The molecule has 222 valence electrons. The van der Waals surface area contributed by atoms with Gasteiger partial charge in [-0.3, -0.25) is 23.9 Å². The second kappa shape index (κ2) is 13.4. The van der Waals surface area contributed by atoms with Gasteiger partial charge in [-0.15, -0.1) is 0 Å². The van der Waals surface area contributed by atoms with E-state index in [0.29, 0.717) is 83.2 Å². The number of piperidine rings is 1. The Labute approximate surface area is 254 Å². The summed E-state index contributed by atoms with van der Waals surface area (Å²) in [5.41, 5.74) is 1.70. The van der Waals surface area contributed by atoms with Gasteiger partial charge in [0.05, 0.1) is 31.6 Å². The summed E-state index contributed by atoms with van der Waals surface area (Å²) in [5.74, 6) is 1.19. The third-order valence-electron chi connectivity index (χ3n) is 7.60. The molecular formula is C30H34N4O6S2. The smallest absolute Gasteiger partial charge is 0.309 e. The van der Waals surface area contributed by atoms with Crippen LogP contribution in [-0.4, -0.2) is 66.1 Å². The van der Waals surface area contributed by atoms with Gasteiger partial charge in [0.25, 0.3) is 11.5 Å². The maximum absolute atomic E-state index is 13.6. The Morgan fingerprint density at radius 2 is 1.88 bits per heavy atom. The molecule has 0 saturated carbocycles. The average Bonchev–Trinajstić information content (AvgIpc) is 3.26. The Kier molecular flexibility index (Phi) is 9.96. The van der Waals surface area contributed by atoms with E-state index in [0.717, 1.165) is 5.56 Å². The lowest BCUT2D eigenvalue weighted by molar-refractivity contribution is -0.148. The summed E-state index contributed by atoms with van der Waals surface area (Å²) in [6.45, 7) is 5.26. The highest BCUT2D eigenvalue weighted by Crippen LogP contribution is 2.37. The molecule has 42 heavy (non-hydrogen) atoms. The van der Waals surface area contributed by atoms with Crippen LogP contribution in [0, 0.1) is 24.2 Å². The van der Waals surface area contributed by atoms with Gasteiger partial charge >= 0.3 is 5.97 Å². The zero-order valence-electron chi connectivity index (χ0n) is 24.4. The van der Waals surface area contributed by atoms with E-state index in [-0.39, 0.29) is 23.4 Å². The summed E-state index contributed by atoms with van der Waals surface area (Å²) >= 11 is 6.78. The van der Waals surface area contributed by atoms with E-state index in [2.05, 4.69) is 0 Å². The summed E-state index contributed by atoms with van der Waals surface area (Å²) in [5, 5.41) is 9.77. The van der Waals surface area contributed by atoms with Crippen molar-refractivity contribution < 1.29 is 23.8 Å². The van der Waals surface area contributed by atoms with Gasteiger partial charge in [-0.2, -0.15) is 5.26 Å². The van der Waals surface area contributed by atoms with Crippen LogP contribution < -0.4 is 19.9 Å². The third-order valence-corrected chi connectivity index (χ3v) is 8.98. The van der Waals surface area contributed by atoms with Crippen molar-refractivity contribution in [3.05, 3.63) is 55.7 Å². The normalized spacial score (nSPS) is 16.6. The lowest BCUT2D eigenvalue weighted by Crippen LogP contribution is -2.40. The first-order chi connectivity index (χ1) is 20.1. The predicted molar refractivity (Wildman–Crippen MR) is 166 cm³/mol. The molecule has 1 amide bonds. The quantitative estimate of drug-likeness (QED) is 0.236. The number of nitrogens with zero attached hydrogens (tertiary/aromatic N) is 4. The largest absolute Gasteiger partial charge is 0.493 e. The number of ether oxygens (including phenoxy) is 3. The first-order valence-electron chi connectivity index (χ1n) is 13.7. The summed E-state index contributed by atoms with van der Waals surface area (Å²) in [7, 11) is 4.78. The van der Waals surface area contributed by atoms with Crippen LogP contribution >= 0.6 is 24.0 Å². The average molecular weight is 611 g/mol. The Bertz CT molecular complexity index is 1540. The molecule has 0 N–H and O–H groups in total. The minimum atomic E-state index is -0.405. The number of hydrogen-bond acceptors (Lipinski definition) is 10. The molecule has 2 aliphatic heterocycles.